The lowest BCUT2D eigenvalue weighted by Crippen LogP contribution is -2.44. The predicted molar refractivity (Wildman–Crippen MR) is 147 cm³/mol. The van der Waals surface area contributed by atoms with Crippen LogP contribution in [0.15, 0.2) is 40.1 Å². The molecule has 0 atom stereocenters. The number of hydrogen-bond acceptors (Lipinski definition) is 8. The molecule has 0 bridgehead atoms. The third-order valence-corrected chi connectivity index (χ3v) is 7.11. The minimum absolute atomic E-state index is 0.0498. The molecule has 2 aromatic carbocycles. The van der Waals surface area contributed by atoms with Gasteiger partial charge in [-0.05, 0) is 61.2 Å². The van der Waals surface area contributed by atoms with Crippen LogP contribution < -0.4 is 26.0 Å². The van der Waals surface area contributed by atoms with Crippen LogP contribution in [0, 0.1) is 19.7 Å². The standard InChI is InChI=1S/C28H30FN7O5/c1-15-10-18(29)11-16(2)24(15)31-23-14-20-19-13-22(41-5)21(40-4)12-17(19)6-8-35(20)28(39)36(23)9-7-30-26(37)25-27(38)32-33-34(25)3/h10-14,38H,6-9H2,1-5H3,(H,30,37). The fourth-order valence-electron chi connectivity index (χ4n) is 5.12. The van der Waals surface area contributed by atoms with Gasteiger partial charge in [-0.2, -0.15) is 0 Å². The molecule has 0 aliphatic carbocycles. The van der Waals surface area contributed by atoms with E-state index in [4.69, 9.17) is 14.5 Å². The average Bonchev–Trinajstić information content (AvgIpc) is 3.28. The van der Waals surface area contributed by atoms with E-state index < -0.39 is 11.8 Å². The van der Waals surface area contributed by atoms with Crippen LogP contribution in [0.2, 0.25) is 0 Å². The van der Waals surface area contributed by atoms with E-state index in [1.165, 1.54) is 23.7 Å². The van der Waals surface area contributed by atoms with Crippen LogP contribution in [0.5, 0.6) is 17.4 Å². The highest BCUT2D eigenvalue weighted by Crippen LogP contribution is 2.37. The maximum atomic E-state index is 14.0. The zero-order valence-corrected chi connectivity index (χ0v) is 23.4. The molecule has 13 heteroatoms. The van der Waals surface area contributed by atoms with E-state index in [2.05, 4.69) is 15.6 Å². The number of benzene rings is 2. The van der Waals surface area contributed by atoms with E-state index in [1.54, 1.807) is 32.6 Å². The Morgan fingerprint density at radius 2 is 1.80 bits per heavy atom. The predicted octanol–water partition coefficient (Wildman–Crippen LogP) is 2.14. The third-order valence-electron chi connectivity index (χ3n) is 7.11. The van der Waals surface area contributed by atoms with Gasteiger partial charge < -0.3 is 19.9 Å². The maximum absolute atomic E-state index is 14.0. The first-order chi connectivity index (χ1) is 19.6. The number of carbonyl (C=O) groups is 1. The summed E-state index contributed by atoms with van der Waals surface area (Å²) in [5.41, 5.74) is 4.16. The molecule has 1 amide bonds. The van der Waals surface area contributed by atoms with Crippen molar-refractivity contribution in [2.24, 2.45) is 12.0 Å². The Morgan fingerprint density at radius 1 is 1.12 bits per heavy atom. The smallest absolute Gasteiger partial charge is 0.330 e. The van der Waals surface area contributed by atoms with E-state index >= 15 is 0 Å². The summed E-state index contributed by atoms with van der Waals surface area (Å²) in [6.07, 6.45) is 0.596. The van der Waals surface area contributed by atoms with Crippen molar-refractivity contribution in [2.45, 2.75) is 33.4 Å². The summed E-state index contributed by atoms with van der Waals surface area (Å²) in [7, 11) is 4.61. The molecule has 0 unspecified atom stereocenters. The van der Waals surface area contributed by atoms with E-state index in [1.807, 2.05) is 18.2 Å². The van der Waals surface area contributed by atoms with Crippen LogP contribution >= 0.6 is 0 Å². The Morgan fingerprint density at radius 3 is 2.44 bits per heavy atom. The van der Waals surface area contributed by atoms with Crippen molar-refractivity contribution in [1.82, 2.24) is 29.4 Å². The van der Waals surface area contributed by atoms with E-state index in [0.29, 0.717) is 52.5 Å². The minimum Gasteiger partial charge on any atom is -0.493 e. The highest BCUT2D eigenvalue weighted by Gasteiger charge is 2.23. The first kappa shape index (κ1) is 27.6. The topological polar surface area (TPSA) is 138 Å². The van der Waals surface area contributed by atoms with E-state index in [-0.39, 0.29) is 30.3 Å². The fourth-order valence-corrected chi connectivity index (χ4v) is 5.12. The number of carbonyl (C=O) groups excluding carboxylic acids is 1. The lowest BCUT2D eigenvalue weighted by atomic mass is 9.97. The molecule has 214 valence electrons. The number of halogens is 1. The van der Waals surface area contributed by atoms with E-state index in [0.717, 1.165) is 15.8 Å². The zero-order valence-electron chi connectivity index (χ0n) is 23.4. The van der Waals surface area contributed by atoms with Crippen molar-refractivity contribution < 1.29 is 23.8 Å². The summed E-state index contributed by atoms with van der Waals surface area (Å²) in [5.74, 6) is -0.324. The summed E-state index contributed by atoms with van der Waals surface area (Å²) in [4.78, 5) is 31.4. The number of methoxy groups -OCH3 is 2. The van der Waals surface area contributed by atoms with Crippen LogP contribution in [0.3, 0.4) is 0 Å². The molecule has 0 saturated heterocycles. The van der Waals surface area contributed by atoms with Gasteiger partial charge in [0, 0.05) is 38.3 Å². The van der Waals surface area contributed by atoms with Gasteiger partial charge in [-0.25, -0.2) is 18.9 Å². The molecular formula is C28H30FN7O5. The molecule has 0 fully saturated rings. The Balaban J connectivity index is 1.63. The first-order valence-corrected chi connectivity index (χ1v) is 12.9. The van der Waals surface area contributed by atoms with Crippen molar-refractivity contribution in [2.75, 3.05) is 20.8 Å². The molecule has 5 rings (SSSR count). The second kappa shape index (κ2) is 10.9. The second-order valence-electron chi connectivity index (χ2n) is 9.73. The highest BCUT2D eigenvalue weighted by molar-refractivity contribution is 5.94. The largest absolute Gasteiger partial charge is 0.493 e. The molecule has 12 nitrogen and oxygen atoms in total. The summed E-state index contributed by atoms with van der Waals surface area (Å²) in [5, 5.41) is 19.7. The van der Waals surface area contributed by atoms with Gasteiger partial charge in [0.2, 0.25) is 0 Å². The van der Waals surface area contributed by atoms with Gasteiger partial charge in [-0.15, -0.1) is 0 Å². The number of amides is 1. The Hall–Kier alpha value is -4.94. The summed E-state index contributed by atoms with van der Waals surface area (Å²) >= 11 is 0. The van der Waals surface area contributed by atoms with Gasteiger partial charge >= 0.3 is 5.69 Å². The Bertz CT molecular complexity index is 1760. The number of aryl methyl sites for hydroxylation is 4. The Labute approximate surface area is 234 Å². The average molecular weight is 564 g/mol. The monoisotopic (exact) mass is 563 g/mol. The van der Waals surface area contributed by atoms with Gasteiger partial charge in [-0.1, -0.05) is 10.3 Å². The number of ether oxygens (including phenoxy) is 2. The van der Waals surface area contributed by atoms with Gasteiger partial charge in [-0.3, -0.25) is 13.9 Å². The quantitative estimate of drug-likeness (QED) is 0.351. The third kappa shape index (κ3) is 5.06. The molecule has 4 aromatic rings. The van der Waals surface area contributed by atoms with Crippen molar-refractivity contribution >= 4 is 11.6 Å². The van der Waals surface area contributed by atoms with Crippen molar-refractivity contribution in [3.63, 3.8) is 0 Å². The van der Waals surface area contributed by atoms with Crippen molar-refractivity contribution in [1.29, 1.82) is 0 Å². The normalized spacial score (nSPS) is 12.6. The van der Waals surface area contributed by atoms with Crippen LogP contribution in [0.1, 0.15) is 27.2 Å². The molecule has 0 saturated carbocycles. The van der Waals surface area contributed by atoms with Crippen LogP contribution in [0.4, 0.5) is 10.1 Å². The van der Waals surface area contributed by atoms with Gasteiger partial charge in [0.05, 0.1) is 25.6 Å². The number of nitrogens with zero attached hydrogens (tertiary/aromatic N) is 6. The van der Waals surface area contributed by atoms with Crippen LogP contribution in [0.25, 0.3) is 11.3 Å². The lowest BCUT2D eigenvalue weighted by Gasteiger charge is -2.24. The number of hydrogen-bond donors (Lipinski definition) is 2. The van der Waals surface area contributed by atoms with Crippen LogP contribution in [-0.2, 0) is 26.6 Å². The molecule has 41 heavy (non-hydrogen) atoms. The summed E-state index contributed by atoms with van der Waals surface area (Å²) in [6, 6.07) is 8.35. The zero-order chi connectivity index (χ0) is 29.4. The first-order valence-electron chi connectivity index (χ1n) is 12.9. The van der Waals surface area contributed by atoms with Crippen molar-refractivity contribution in [3.8, 4) is 28.6 Å². The Kier molecular flexibility index (Phi) is 7.35. The number of rotatable bonds is 7. The maximum Gasteiger partial charge on any atom is 0.330 e. The SMILES string of the molecule is COc1cc2c(cc1OC)-c1cc(=Nc3c(C)cc(F)cc3C)n(CCNC(=O)c3c(O)nnn3C)c(=O)n1CC2. The molecule has 0 spiro atoms. The number of nitrogens with one attached hydrogen (secondary N) is 1. The van der Waals surface area contributed by atoms with Gasteiger partial charge in [0.15, 0.2) is 17.2 Å². The highest BCUT2D eigenvalue weighted by atomic mass is 19.1. The molecule has 1 aliphatic rings. The van der Waals surface area contributed by atoms with Crippen LogP contribution in [-0.4, -0.2) is 55.9 Å². The van der Waals surface area contributed by atoms with Gasteiger partial charge in [0.1, 0.15) is 11.3 Å². The number of fused-ring (bicyclic) bond motifs is 3. The van der Waals surface area contributed by atoms with Gasteiger partial charge in [0.25, 0.3) is 11.8 Å². The molecule has 2 N–H and O–H groups in total. The molecule has 1 aliphatic heterocycles. The number of aromatic hydroxyl groups is 1. The summed E-state index contributed by atoms with van der Waals surface area (Å²) < 4.78 is 29.3. The second-order valence-corrected chi connectivity index (χ2v) is 9.73. The van der Waals surface area contributed by atoms with Crippen molar-refractivity contribution in [3.05, 3.63) is 74.5 Å². The lowest BCUT2D eigenvalue weighted by molar-refractivity contribution is 0.0939. The molecular weight excluding hydrogens is 533 g/mol. The number of aromatic nitrogens is 5. The fraction of sp³-hybridized carbons (Fsp3) is 0.321. The van der Waals surface area contributed by atoms with E-state index in [9.17, 15) is 19.1 Å². The minimum atomic E-state index is -0.590. The molecule has 2 aromatic heterocycles. The summed E-state index contributed by atoms with van der Waals surface area (Å²) in [6.45, 7) is 4.06. The molecule has 0 radical (unpaired) electrons. The molecule has 3 heterocycles.